The number of carbonyl (C=O) groups is 1. The molecule has 124 valence electrons. The summed E-state index contributed by atoms with van der Waals surface area (Å²) in [6.07, 6.45) is 0. The number of benzene rings is 2. The molecule has 1 amide bonds. The SMILES string of the molecule is COc1ccc(OC)c(NC(=O)c2sc3cc(C)ccc3c2Cl)c1. The molecule has 0 aliphatic carbocycles. The Morgan fingerprint density at radius 3 is 2.62 bits per heavy atom. The van der Waals surface area contributed by atoms with Gasteiger partial charge in [0.15, 0.2) is 0 Å². The minimum absolute atomic E-state index is 0.273. The van der Waals surface area contributed by atoms with E-state index in [0.29, 0.717) is 27.1 Å². The number of methoxy groups -OCH3 is 2. The minimum atomic E-state index is -0.273. The molecule has 4 nitrogen and oxygen atoms in total. The highest BCUT2D eigenvalue weighted by molar-refractivity contribution is 7.21. The lowest BCUT2D eigenvalue weighted by atomic mass is 10.2. The van der Waals surface area contributed by atoms with E-state index in [-0.39, 0.29) is 5.91 Å². The van der Waals surface area contributed by atoms with Gasteiger partial charge in [-0.2, -0.15) is 0 Å². The molecule has 0 spiro atoms. The first-order chi connectivity index (χ1) is 11.5. The number of rotatable bonds is 4. The fourth-order valence-corrected chi connectivity index (χ4v) is 3.92. The number of hydrogen-bond donors (Lipinski definition) is 1. The summed E-state index contributed by atoms with van der Waals surface area (Å²) in [6.45, 7) is 2.01. The van der Waals surface area contributed by atoms with Crippen LogP contribution in [-0.4, -0.2) is 20.1 Å². The number of fused-ring (bicyclic) bond motifs is 1. The van der Waals surface area contributed by atoms with Crippen LogP contribution < -0.4 is 14.8 Å². The molecule has 0 radical (unpaired) electrons. The fourth-order valence-electron chi connectivity index (χ4n) is 2.41. The van der Waals surface area contributed by atoms with E-state index < -0.39 is 0 Å². The summed E-state index contributed by atoms with van der Waals surface area (Å²) < 4.78 is 11.5. The quantitative estimate of drug-likeness (QED) is 0.700. The summed E-state index contributed by atoms with van der Waals surface area (Å²) in [6, 6.07) is 11.2. The van der Waals surface area contributed by atoms with E-state index in [4.69, 9.17) is 21.1 Å². The number of aryl methyl sites for hydroxylation is 1. The molecule has 0 aliphatic heterocycles. The maximum atomic E-state index is 12.7. The van der Waals surface area contributed by atoms with Gasteiger partial charge in [-0.1, -0.05) is 23.7 Å². The third-order valence-electron chi connectivity index (χ3n) is 3.65. The lowest BCUT2D eigenvalue weighted by Crippen LogP contribution is -2.11. The highest BCUT2D eigenvalue weighted by Crippen LogP contribution is 2.37. The molecule has 0 unspecified atom stereocenters. The Bertz CT molecular complexity index is 920. The van der Waals surface area contributed by atoms with Crippen molar-refractivity contribution in [1.29, 1.82) is 0 Å². The second-order valence-electron chi connectivity index (χ2n) is 5.27. The summed E-state index contributed by atoms with van der Waals surface area (Å²) in [5.41, 5.74) is 1.66. The summed E-state index contributed by atoms with van der Waals surface area (Å²) in [4.78, 5) is 13.1. The smallest absolute Gasteiger partial charge is 0.267 e. The Kier molecular flexibility index (Phi) is 4.64. The summed E-state index contributed by atoms with van der Waals surface area (Å²) in [7, 11) is 3.12. The lowest BCUT2D eigenvalue weighted by Gasteiger charge is -2.11. The van der Waals surface area contributed by atoms with Gasteiger partial charge in [0, 0.05) is 16.2 Å². The van der Waals surface area contributed by atoms with E-state index >= 15 is 0 Å². The third kappa shape index (κ3) is 3.05. The van der Waals surface area contributed by atoms with Gasteiger partial charge < -0.3 is 14.8 Å². The van der Waals surface area contributed by atoms with Gasteiger partial charge in [0.2, 0.25) is 0 Å². The van der Waals surface area contributed by atoms with Crippen molar-refractivity contribution in [2.24, 2.45) is 0 Å². The predicted octanol–water partition coefficient (Wildman–Crippen LogP) is 5.13. The van der Waals surface area contributed by atoms with Gasteiger partial charge in [0.25, 0.3) is 5.91 Å². The van der Waals surface area contributed by atoms with Crippen LogP contribution in [0.3, 0.4) is 0 Å². The van der Waals surface area contributed by atoms with E-state index in [0.717, 1.165) is 15.6 Å². The molecule has 1 heterocycles. The molecular weight excluding hydrogens is 346 g/mol. The number of amides is 1. The topological polar surface area (TPSA) is 47.6 Å². The molecule has 6 heteroatoms. The van der Waals surface area contributed by atoms with Gasteiger partial charge in [-0.3, -0.25) is 4.79 Å². The number of ether oxygens (including phenoxy) is 2. The zero-order valence-corrected chi connectivity index (χ0v) is 15.0. The molecule has 1 aromatic heterocycles. The number of thiophene rings is 1. The third-order valence-corrected chi connectivity index (χ3v) is 5.30. The van der Waals surface area contributed by atoms with Crippen molar-refractivity contribution < 1.29 is 14.3 Å². The lowest BCUT2D eigenvalue weighted by molar-refractivity contribution is 0.103. The van der Waals surface area contributed by atoms with Crippen LogP contribution in [0, 0.1) is 6.92 Å². The van der Waals surface area contributed by atoms with Crippen LogP contribution in [0.2, 0.25) is 5.02 Å². The second kappa shape index (κ2) is 6.71. The van der Waals surface area contributed by atoms with Crippen molar-refractivity contribution in [1.82, 2.24) is 0 Å². The molecule has 2 aromatic carbocycles. The number of halogens is 1. The average Bonchev–Trinajstić information content (AvgIpc) is 2.90. The maximum Gasteiger partial charge on any atom is 0.267 e. The van der Waals surface area contributed by atoms with E-state index in [1.165, 1.54) is 11.3 Å². The Morgan fingerprint density at radius 1 is 1.12 bits per heavy atom. The molecule has 1 N–H and O–H groups in total. The van der Waals surface area contributed by atoms with Crippen molar-refractivity contribution in [2.75, 3.05) is 19.5 Å². The predicted molar refractivity (Wildman–Crippen MR) is 99.1 cm³/mol. The first kappa shape index (κ1) is 16.6. The first-order valence-corrected chi connectivity index (χ1v) is 8.45. The van der Waals surface area contributed by atoms with Crippen molar-refractivity contribution in [3.8, 4) is 11.5 Å². The molecule has 0 saturated carbocycles. The highest BCUT2D eigenvalue weighted by Gasteiger charge is 2.19. The fraction of sp³-hybridized carbons (Fsp3) is 0.167. The van der Waals surface area contributed by atoms with Crippen LogP contribution in [0.15, 0.2) is 36.4 Å². The minimum Gasteiger partial charge on any atom is -0.497 e. The van der Waals surface area contributed by atoms with Gasteiger partial charge in [-0.05, 0) is 30.7 Å². The number of carbonyl (C=O) groups excluding carboxylic acids is 1. The summed E-state index contributed by atoms with van der Waals surface area (Å²) in [5, 5.41) is 4.20. The standard InChI is InChI=1S/C18H16ClNO3S/c1-10-4-6-12-15(8-10)24-17(16(12)19)18(21)20-13-9-11(22-2)5-7-14(13)23-3/h4-9H,1-3H3,(H,20,21). The molecule has 0 atom stereocenters. The van der Waals surface area contributed by atoms with Crippen LogP contribution in [-0.2, 0) is 0 Å². The van der Waals surface area contributed by atoms with Gasteiger partial charge in [0.05, 0.1) is 24.9 Å². The molecule has 0 aliphatic rings. The Morgan fingerprint density at radius 2 is 1.92 bits per heavy atom. The zero-order chi connectivity index (χ0) is 17.3. The number of anilines is 1. The van der Waals surface area contributed by atoms with Gasteiger partial charge >= 0.3 is 0 Å². The maximum absolute atomic E-state index is 12.7. The molecule has 0 saturated heterocycles. The van der Waals surface area contributed by atoms with Crippen molar-refractivity contribution in [3.05, 3.63) is 51.9 Å². The van der Waals surface area contributed by atoms with Crippen molar-refractivity contribution in [2.45, 2.75) is 6.92 Å². The Balaban J connectivity index is 1.97. The van der Waals surface area contributed by atoms with E-state index in [1.54, 1.807) is 32.4 Å². The second-order valence-corrected chi connectivity index (χ2v) is 6.70. The summed E-state index contributed by atoms with van der Waals surface area (Å²) >= 11 is 7.77. The van der Waals surface area contributed by atoms with Gasteiger partial charge in [0.1, 0.15) is 16.4 Å². The van der Waals surface area contributed by atoms with Gasteiger partial charge in [-0.15, -0.1) is 11.3 Å². The van der Waals surface area contributed by atoms with Crippen LogP contribution in [0.5, 0.6) is 11.5 Å². The normalized spacial score (nSPS) is 10.7. The molecule has 24 heavy (non-hydrogen) atoms. The highest BCUT2D eigenvalue weighted by atomic mass is 35.5. The van der Waals surface area contributed by atoms with Crippen molar-refractivity contribution in [3.63, 3.8) is 0 Å². The molecule has 0 fully saturated rings. The first-order valence-electron chi connectivity index (χ1n) is 7.25. The van der Waals surface area contributed by atoms with Gasteiger partial charge in [-0.25, -0.2) is 0 Å². The van der Waals surface area contributed by atoms with Crippen LogP contribution >= 0.6 is 22.9 Å². The van der Waals surface area contributed by atoms with E-state index in [2.05, 4.69) is 5.32 Å². The molecule has 3 rings (SSSR count). The molecule has 3 aromatic rings. The van der Waals surface area contributed by atoms with Crippen molar-refractivity contribution >= 4 is 44.6 Å². The summed E-state index contributed by atoms with van der Waals surface area (Å²) in [5.74, 6) is 0.909. The number of nitrogens with one attached hydrogen (secondary N) is 1. The molecule has 0 bridgehead atoms. The number of hydrogen-bond acceptors (Lipinski definition) is 4. The zero-order valence-electron chi connectivity index (χ0n) is 13.5. The van der Waals surface area contributed by atoms with E-state index in [1.807, 2.05) is 25.1 Å². The monoisotopic (exact) mass is 361 g/mol. The Hall–Kier alpha value is -2.24. The van der Waals surface area contributed by atoms with Crippen LogP contribution in [0.4, 0.5) is 5.69 Å². The van der Waals surface area contributed by atoms with Crippen LogP contribution in [0.25, 0.3) is 10.1 Å². The average molecular weight is 362 g/mol. The van der Waals surface area contributed by atoms with E-state index in [9.17, 15) is 4.79 Å². The largest absolute Gasteiger partial charge is 0.497 e. The Labute approximate surface area is 149 Å². The van der Waals surface area contributed by atoms with Crippen LogP contribution in [0.1, 0.15) is 15.2 Å². The molecular formula is C18H16ClNO3S.